The van der Waals surface area contributed by atoms with E-state index in [9.17, 15) is 24.9 Å². The summed E-state index contributed by atoms with van der Waals surface area (Å²) in [7, 11) is 1.53. The van der Waals surface area contributed by atoms with E-state index in [0.717, 1.165) is 10.5 Å². The predicted molar refractivity (Wildman–Crippen MR) is 119 cm³/mol. The van der Waals surface area contributed by atoms with Crippen LogP contribution in [0.15, 0.2) is 72.3 Å². The molecule has 0 bridgehead atoms. The second-order valence-corrected chi connectivity index (χ2v) is 7.43. The van der Waals surface area contributed by atoms with Crippen molar-refractivity contribution in [2.45, 2.75) is 13.0 Å². The zero-order valence-electron chi connectivity index (χ0n) is 17.4. The molecule has 1 amide bonds. The highest BCUT2D eigenvalue weighted by molar-refractivity contribution is 6.51. The van der Waals surface area contributed by atoms with Crippen molar-refractivity contribution < 1.29 is 29.6 Å². The topological polar surface area (TPSA) is 107 Å². The van der Waals surface area contributed by atoms with Crippen molar-refractivity contribution >= 4 is 23.1 Å². The van der Waals surface area contributed by atoms with E-state index < -0.39 is 17.7 Å². The molecule has 3 aromatic rings. The van der Waals surface area contributed by atoms with Crippen LogP contribution in [0.4, 0.5) is 5.69 Å². The van der Waals surface area contributed by atoms with Crippen LogP contribution in [0.5, 0.6) is 17.2 Å². The van der Waals surface area contributed by atoms with E-state index in [1.807, 2.05) is 0 Å². The number of aliphatic hydroxyl groups excluding tert-OH is 1. The number of amides is 1. The smallest absolute Gasteiger partial charge is 0.300 e. The average Bonchev–Trinajstić information content (AvgIpc) is 3.04. The summed E-state index contributed by atoms with van der Waals surface area (Å²) in [5.74, 6) is -1.65. The van der Waals surface area contributed by atoms with E-state index in [1.165, 1.54) is 31.4 Å². The molecule has 1 saturated heterocycles. The van der Waals surface area contributed by atoms with Crippen LogP contribution in [0, 0.1) is 6.92 Å². The van der Waals surface area contributed by atoms with Crippen LogP contribution in [-0.2, 0) is 9.59 Å². The molecule has 1 fully saturated rings. The van der Waals surface area contributed by atoms with Gasteiger partial charge in [0.2, 0.25) is 0 Å². The van der Waals surface area contributed by atoms with Crippen LogP contribution in [0.3, 0.4) is 0 Å². The Morgan fingerprint density at radius 1 is 0.969 bits per heavy atom. The fourth-order valence-corrected chi connectivity index (χ4v) is 3.90. The number of methoxy groups -OCH3 is 1. The molecule has 1 atom stereocenters. The number of benzene rings is 3. The summed E-state index contributed by atoms with van der Waals surface area (Å²) in [5, 5.41) is 31.2. The third kappa shape index (κ3) is 3.43. The quantitative estimate of drug-likeness (QED) is 0.327. The van der Waals surface area contributed by atoms with Gasteiger partial charge >= 0.3 is 0 Å². The van der Waals surface area contributed by atoms with Gasteiger partial charge in [-0.25, -0.2) is 0 Å². The van der Waals surface area contributed by atoms with Crippen LogP contribution in [-0.4, -0.2) is 34.1 Å². The van der Waals surface area contributed by atoms with Gasteiger partial charge in [0.1, 0.15) is 23.0 Å². The zero-order chi connectivity index (χ0) is 23.0. The fourth-order valence-electron chi connectivity index (χ4n) is 3.90. The Hall–Kier alpha value is -4.26. The van der Waals surface area contributed by atoms with Gasteiger partial charge in [-0.15, -0.1) is 0 Å². The molecular weight excluding hydrogens is 410 g/mol. The number of hydrogen-bond donors (Lipinski definition) is 3. The Morgan fingerprint density at radius 2 is 1.66 bits per heavy atom. The molecule has 0 radical (unpaired) electrons. The van der Waals surface area contributed by atoms with E-state index in [-0.39, 0.29) is 28.5 Å². The Bertz CT molecular complexity index is 1250. The Balaban J connectivity index is 1.95. The predicted octanol–water partition coefficient (Wildman–Crippen LogP) is 4.04. The standard InChI is InChI=1S/C25H21NO6/c1-14-13-16(9-12-20(14)32-2)23(29)21-22(15-7-10-17(27)11-8-15)26(25(31)24(21)30)18-5-3-4-6-19(18)28/h3-13,22,27-29H,1-2H3/b23-21-. The number of para-hydroxylation sites is 2. The number of anilines is 1. The number of phenols is 2. The number of nitrogens with zero attached hydrogens (tertiary/aromatic N) is 1. The number of carbonyl (C=O) groups excluding carboxylic acids is 2. The minimum Gasteiger partial charge on any atom is -0.508 e. The number of ketones is 1. The summed E-state index contributed by atoms with van der Waals surface area (Å²) >= 11 is 0. The monoisotopic (exact) mass is 431 g/mol. The summed E-state index contributed by atoms with van der Waals surface area (Å²) < 4.78 is 5.25. The van der Waals surface area contributed by atoms with Crippen molar-refractivity contribution in [2.24, 2.45) is 0 Å². The van der Waals surface area contributed by atoms with Gasteiger partial charge in [0, 0.05) is 5.56 Å². The Labute approximate surface area is 184 Å². The second-order valence-electron chi connectivity index (χ2n) is 7.43. The van der Waals surface area contributed by atoms with E-state index in [1.54, 1.807) is 49.4 Å². The van der Waals surface area contributed by atoms with Crippen molar-refractivity contribution in [1.29, 1.82) is 0 Å². The van der Waals surface area contributed by atoms with Gasteiger partial charge in [0.05, 0.1) is 24.4 Å². The molecule has 0 aromatic heterocycles. The summed E-state index contributed by atoms with van der Waals surface area (Å²) in [6, 6.07) is 16.1. The number of aromatic hydroxyl groups is 2. The van der Waals surface area contributed by atoms with Crippen molar-refractivity contribution in [2.75, 3.05) is 12.0 Å². The third-order valence-electron chi connectivity index (χ3n) is 5.46. The third-order valence-corrected chi connectivity index (χ3v) is 5.46. The minimum atomic E-state index is -1.01. The highest BCUT2D eigenvalue weighted by atomic mass is 16.5. The SMILES string of the molecule is COc1ccc(/C(O)=C2/C(=O)C(=O)N(c3ccccc3O)C2c2ccc(O)cc2)cc1C. The van der Waals surface area contributed by atoms with Crippen LogP contribution in [0.25, 0.3) is 5.76 Å². The molecular formula is C25H21NO6. The fraction of sp³-hybridized carbons (Fsp3) is 0.120. The molecule has 1 aliphatic rings. The van der Waals surface area contributed by atoms with Gasteiger partial charge in [-0.3, -0.25) is 14.5 Å². The number of Topliss-reactive ketones (excluding diaryl/α,β-unsaturated/α-hetero) is 1. The van der Waals surface area contributed by atoms with Crippen molar-refractivity contribution in [1.82, 2.24) is 0 Å². The average molecular weight is 431 g/mol. The molecule has 7 heteroatoms. The molecule has 7 nitrogen and oxygen atoms in total. The molecule has 3 aromatic carbocycles. The highest BCUT2D eigenvalue weighted by Gasteiger charge is 2.47. The van der Waals surface area contributed by atoms with Crippen molar-refractivity contribution in [3.05, 3.63) is 89.0 Å². The first-order chi connectivity index (χ1) is 15.3. The maximum Gasteiger partial charge on any atom is 0.300 e. The van der Waals surface area contributed by atoms with E-state index in [4.69, 9.17) is 4.74 Å². The normalized spacial score (nSPS) is 17.6. The second kappa shape index (κ2) is 8.11. The van der Waals surface area contributed by atoms with Crippen molar-refractivity contribution in [3.8, 4) is 17.2 Å². The van der Waals surface area contributed by atoms with Crippen LogP contribution in [0.2, 0.25) is 0 Å². The molecule has 4 rings (SSSR count). The van der Waals surface area contributed by atoms with Crippen LogP contribution in [0.1, 0.15) is 22.7 Å². The molecule has 1 unspecified atom stereocenters. The number of aryl methyl sites for hydroxylation is 1. The molecule has 32 heavy (non-hydrogen) atoms. The van der Waals surface area contributed by atoms with Crippen LogP contribution >= 0.6 is 0 Å². The lowest BCUT2D eigenvalue weighted by atomic mass is 9.94. The Kier molecular flexibility index (Phi) is 5.32. The lowest BCUT2D eigenvalue weighted by molar-refractivity contribution is -0.132. The molecule has 1 heterocycles. The maximum atomic E-state index is 13.1. The minimum absolute atomic E-state index is 0.0130. The van der Waals surface area contributed by atoms with E-state index >= 15 is 0 Å². The largest absolute Gasteiger partial charge is 0.508 e. The molecule has 1 aliphatic heterocycles. The van der Waals surface area contributed by atoms with Gasteiger partial charge in [-0.2, -0.15) is 0 Å². The summed E-state index contributed by atoms with van der Waals surface area (Å²) in [6.07, 6.45) is 0. The lowest BCUT2D eigenvalue weighted by Gasteiger charge is -2.26. The lowest BCUT2D eigenvalue weighted by Crippen LogP contribution is -2.29. The molecule has 0 saturated carbocycles. The summed E-state index contributed by atoms with van der Waals surface area (Å²) in [6.45, 7) is 1.80. The van der Waals surface area contributed by atoms with Gasteiger partial charge in [0.15, 0.2) is 0 Å². The molecule has 162 valence electrons. The van der Waals surface area contributed by atoms with Crippen LogP contribution < -0.4 is 9.64 Å². The molecule has 0 spiro atoms. The van der Waals surface area contributed by atoms with Gasteiger partial charge in [-0.05, 0) is 60.5 Å². The first kappa shape index (κ1) is 21.0. The highest BCUT2D eigenvalue weighted by Crippen LogP contribution is 2.45. The number of aliphatic hydroxyl groups is 1. The molecule has 0 aliphatic carbocycles. The van der Waals surface area contributed by atoms with Gasteiger partial charge in [-0.1, -0.05) is 24.3 Å². The van der Waals surface area contributed by atoms with Crippen molar-refractivity contribution in [3.63, 3.8) is 0 Å². The maximum absolute atomic E-state index is 13.1. The zero-order valence-corrected chi connectivity index (χ0v) is 17.4. The first-order valence-corrected chi connectivity index (χ1v) is 9.86. The summed E-state index contributed by atoms with van der Waals surface area (Å²) in [4.78, 5) is 27.3. The number of hydrogen-bond acceptors (Lipinski definition) is 6. The number of ether oxygens (including phenoxy) is 1. The van der Waals surface area contributed by atoms with E-state index in [2.05, 4.69) is 0 Å². The Morgan fingerprint density at radius 3 is 2.28 bits per heavy atom. The summed E-state index contributed by atoms with van der Waals surface area (Å²) in [5.41, 5.74) is 1.60. The number of phenolic OH excluding ortho intramolecular Hbond substituents is 2. The number of carbonyl (C=O) groups is 2. The number of rotatable bonds is 4. The van der Waals surface area contributed by atoms with E-state index in [0.29, 0.717) is 16.9 Å². The molecule has 3 N–H and O–H groups in total. The van der Waals surface area contributed by atoms with Gasteiger partial charge in [0.25, 0.3) is 11.7 Å². The van der Waals surface area contributed by atoms with Gasteiger partial charge < -0.3 is 20.1 Å². The first-order valence-electron chi connectivity index (χ1n) is 9.86.